The van der Waals surface area contributed by atoms with Crippen LogP contribution in [0.3, 0.4) is 0 Å². The van der Waals surface area contributed by atoms with E-state index in [1.165, 1.54) is 0 Å². The first-order valence-electron chi connectivity index (χ1n) is 6.06. The van der Waals surface area contributed by atoms with Crippen LogP contribution < -0.4 is 10.6 Å². The minimum atomic E-state index is -1.12. The number of hydrogen-bond donors (Lipinski definition) is 3. The van der Waals surface area contributed by atoms with E-state index in [-0.39, 0.29) is 36.6 Å². The maximum Gasteiger partial charge on any atom is 0.326 e. The van der Waals surface area contributed by atoms with Gasteiger partial charge in [-0.3, -0.25) is 9.59 Å². The van der Waals surface area contributed by atoms with Gasteiger partial charge in [-0.1, -0.05) is 13.8 Å². The minimum absolute atomic E-state index is 0.0195. The fourth-order valence-electron chi connectivity index (χ4n) is 1.27. The van der Waals surface area contributed by atoms with Crippen LogP contribution in [0, 0.1) is 5.92 Å². The van der Waals surface area contributed by atoms with Gasteiger partial charge in [0.15, 0.2) is 0 Å². The molecule has 3 N–H and O–H groups in total. The highest BCUT2D eigenvalue weighted by atomic mass is 16.4. The lowest BCUT2D eigenvalue weighted by Gasteiger charge is -2.16. The van der Waals surface area contributed by atoms with Gasteiger partial charge in [-0.25, -0.2) is 4.79 Å². The van der Waals surface area contributed by atoms with Crippen molar-refractivity contribution in [2.45, 2.75) is 52.6 Å². The third kappa shape index (κ3) is 6.88. The predicted octanol–water partition coefficient (Wildman–Crippen LogP) is 0.517. The second-order valence-electron chi connectivity index (χ2n) is 4.82. The zero-order valence-electron chi connectivity index (χ0n) is 11.3. The summed E-state index contributed by atoms with van der Waals surface area (Å²) >= 11 is 0. The number of carbonyl (C=O) groups is 3. The van der Waals surface area contributed by atoms with Gasteiger partial charge in [0.1, 0.15) is 6.04 Å². The topological polar surface area (TPSA) is 95.5 Å². The molecule has 18 heavy (non-hydrogen) atoms. The molecule has 0 saturated heterocycles. The summed E-state index contributed by atoms with van der Waals surface area (Å²) in [5.74, 6) is -1.94. The van der Waals surface area contributed by atoms with E-state index >= 15 is 0 Å². The van der Waals surface area contributed by atoms with E-state index in [2.05, 4.69) is 10.6 Å². The maximum atomic E-state index is 11.4. The molecule has 0 aliphatic heterocycles. The first-order valence-corrected chi connectivity index (χ1v) is 6.06. The SMILES string of the molecule is CC(C)NC(=O)CCC(NC(=O)C(C)C)C(=O)O. The molecule has 0 fully saturated rings. The van der Waals surface area contributed by atoms with Crippen molar-refractivity contribution in [1.82, 2.24) is 10.6 Å². The predicted molar refractivity (Wildman–Crippen MR) is 66.9 cm³/mol. The van der Waals surface area contributed by atoms with Crippen molar-refractivity contribution in [3.63, 3.8) is 0 Å². The lowest BCUT2D eigenvalue weighted by molar-refractivity contribution is -0.142. The Kier molecular flexibility index (Phi) is 7.00. The maximum absolute atomic E-state index is 11.4. The molecule has 0 aromatic carbocycles. The van der Waals surface area contributed by atoms with Gasteiger partial charge in [-0.2, -0.15) is 0 Å². The summed E-state index contributed by atoms with van der Waals surface area (Å²) in [6.45, 7) is 7.01. The molecule has 2 amide bonds. The Balaban J connectivity index is 4.25. The average Bonchev–Trinajstić information content (AvgIpc) is 2.21. The monoisotopic (exact) mass is 258 g/mol. The lowest BCUT2D eigenvalue weighted by Crippen LogP contribution is -2.43. The van der Waals surface area contributed by atoms with Crippen LogP contribution in [0.5, 0.6) is 0 Å². The number of amides is 2. The largest absolute Gasteiger partial charge is 0.480 e. The van der Waals surface area contributed by atoms with Gasteiger partial charge >= 0.3 is 5.97 Å². The van der Waals surface area contributed by atoms with E-state index < -0.39 is 12.0 Å². The Bertz CT molecular complexity index is 313. The van der Waals surface area contributed by atoms with Crippen molar-refractivity contribution in [3.05, 3.63) is 0 Å². The number of carbonyl (C=O) groups excluding carboxylic acids is 2. The van der Waals surface area contributed by atoms with Gasteiger partial charge in [0.25, 0.3) is 0 Å². The second-order valence-corrected chi connectivity index (χ2v) is 4.82. The van der Waals surface area contributed by atoms with Crippen molar-refractivity contribution in [2.75, 3.05) is 0 Å². The van der Waals surface area contributed by atoms with Gasteiger partial charge in [-0.05, 0) is 20.3 Å². The summed E-state index contributed by atoms with van der Waals surface area (Å²) in [5.41, 5.74) is 0. The van der Waals surface area contributed by atoms with Crippen molar-refractivity contribution >= 4 is 17.8 Å². The quantitative estimate of drug-likeness (QED) is 0.620. The second kappa shape index (κ2) is 7.68. The van der Waals surface area contributed by atoms with E-state index in [0.717, 1.165) is 0 Å². The number of carboxylic acid groups (broad SMARTS) is 1. The Morgan fingerprint density at radius 3 is 2.00 bits per heavy atom. The summed E-state index contributed by atoms with van der Waals surface area (Å²) in [5, 5.41) is 14.0. The summed E-state index contributed by atoms with van der Waals surface area (Å²) in [7, 11) is 0. The zero-order valence-corrected chi connectivity index (χ0v) is 11.3. The molecule has 0 spiro atoms. The molecule has 1 atom stereocenters. The number of aliphatic carboxylic acids is 1. The lowest BCUT2D eigenvalue weighted by atomic mass is 10.1. The fraction of sp³-hybridized carbons (Fsp3) is 0.750. The molecule has 0 bridgehead atoms. The molecular formula is C12H22N2O4. The normalized spacial score (nSPS) is 12.3. The van der Waals surface area contributed by atoms with E-state index in [0.29, 0.717) is 0 Å². The van der Waals surface area contributed by atoms with Crippen LogP contribution in [0.2, 0.25) is 0 Å². The van der Waals surface area contributed by atoms with Crippen molar-refractivity contribution in [1.29, 1.82) is 0 Å². The Labute approximate surface area is 107 Å². The highest BCUT2D eigenvalue weighted by molar-refractivity contribution is 5.85. The number of hydrogen-bond acceptors (Lipinski definition) is 3. The summed E-state index contributed by atoms with van der Waals surface area (Å²) < 4.78 is 0. The van der Waals surface area contributed by atoms with Crippen LogP contribution in [0.15, 0.2) is 0 Å². The Morgan fingerprint density at radius 2 is 1.61 bits per heavy atom. The molecule has 0 saturated carbocycles. The minimum Gasteiger partial charge on any atom is -0.480 e. The van der Waals surface area contributed by atoms with Gasteiger partial charge in [0.05, 0.1) is 0 Å². The fourth-order valence-corrected chi connectivity index (χ4v) is 1.27. The van der Waals surface area contributed by atoms with Gasteiger partial charge < -0.3 is 15.7 Å². The van der Waals surface area contributed by atoms with E-state index in [1.807, 2.05) is 13.8 Å². The third-order valence-corrected chi connectivity index (χ3v) is 2.25. The highest BCUT2D eigenvalue weighted by Gasteiger charge is 2.22. The average molecular weight is 258 g/mol. The van der Waals surface area contributed by atoms with E-state index in [1.54, 1.807) is 13.8 Å². The first kappa shape index (κ1) is 16.4. The molecule has 0 rings (SSSR count). The van der Waals surface area contributed by atoms with Crippen LogP contribution in [-0.4, -0.2) is 35.0 Å². The van der Waals surface area contributed by atoms with E-state index in [9.17, 15) is 14.4 Å². The van der Waals surface area contributed by atoms with Crippen LogP contribution >= 0.6 is 0 Å². The van der Waals surface area contributed by atoms with Gasteiger partial charge in [0.2, 0.25) is 11.8 Å². The Hall–Kier alpha value is -1.59. The number of nitrogens with one attached hydrogen (secondary N) is 2. The number of rotatable bonds is 7. The third-order valence-electron chi connectivity index (χ3n) is 2.25. The van der Waals surface area contributed by atoms with Crippen molar-refractivity contribution < 1.29 is 19.5 Å². The summed E-state index contributed by atoms with van der Waals surface area (Å²) in [6.07, 6.45) is 0.167. The molecule has 6 nitrogen and oxygen atoms in total. The van der Waals surface area contributed by atoms with Crippen LogP contribution in [0.1, 0.15) is 40.5 Å². The van der Waals surface area contributed by atoms with Crippen molar-refractivity contribution in [3.8, 4) is 0 Å². The molecule has 104 valence electrons. The first-order chi connectivity index (χ1) is 8.23. The van der Waals surface area contributed by atoms with Gasteiger partial charge in [0, 0.05) is 18.4 Å². The molecule has 0 aliphatic rings. The standard InChI is InChI=1S/C12H22N2O4/c1-7(2)11(16)14-9(12(17)18)5-6-10(15)13-8(3)4/h7-9H,5-6H2,1-4H3,(H,13,15)(H,14,16)(H,17,18). The van der Waals surface area contributed by atoms with Crippen molar-refractivity contribution in [2.24, 2.45) is 5.92 Å². The molecule has 1 unspecified atom stereocenters. The number of carboxylic acids is 1. The summed E-state index contributed by atoms with van der Waals surface area (Å²) in [4.78, 5) is 33.7. The molecule has 0 heterocycles. The molecular weight excluding hydrogens is 236 g/mol. The molecule has 0 radical (unpaired) electrons. The Morgan fingerprint density at radius 1 is 1.06 bits per heavy atom. The van der Waals surface area contributed by atoms with Gasteiger partial charge in [-0.15, -0.1) is 0 Å². The van der Waals surface area contributed by atoms with E-state index in [4.69, 9.17) is 5.11 Å². The zero-order chi connectivity index (χ0) is 14.3. The summed E-state index contributed by atoms with van der Waals surface area (Å²) in [6, 6.07) is -0.996. The molecule has 0 aromatic rings. The highest BCUT2D eigenvalue weighted by Crippen LogP contribution is 2.01. The molecule has 0 aromatic heterocycles. The van der Waals surface area contributed by atoms with Crippen LogP contribution in [-0.2, 0) is 14.4 Å². The molecule has 6 heteroatoms. The smallest absolute Gasteiger partial charge is 0.326 e. The molecule has 0 aliphatic carbocycles. The van der Waals surface area contributed by atoms with Crippen LogP contribution in [0.25, 0.3) is 0 Å². The van der Waals surface area contributed by atoms with Crippen LogP contribution in [0.4, 0.5) is 0 Å².